The molecule has 1 aromatic heterocycles. The number of Topliss-reactive ketones (excluding diaryl/α,β-unsaturated/α-hetero) is 1. The second-order valence-corrected chi connectivity index (χ2v) is 9.30. The molecule has 5 rings (SSSR count). The third-order valence-corrected chi connectivity index (χ3v) is 7.01. The Morgan fingerprint density at radius 1 is 0.974 bits per heavy atom. The molecule has 1 atom stereocenters. The first-order valence-corrected chi connectivity index (χ1v) is 12.4. The molecule has 38 heavy (non-hydrogen) atoms. The van der Waals surface area contributed by atoms with E-state index in [0.717, 1.165) is 16.5 Å². The van der Waals surface area contributed by atoms with Gasteiger partial charge in [0.15, 0.2) is 5.78 Å². The van der Waals surface area contributed by atoms with Gasteiger partial charge in [-0.3, -0.25) is 9.59 Å². The molecule has 3 aromatic carbocycles. The minimum Gasteiger partial charge on any atom is -0.462 e. The summed E-state index contributed by atoms with van der Waals surface area (Å²) in [5, 5.41) is 0.808. The van der Waals surface area contributed by atoms with Crippen molar-refractivity contribution in [2.24, 2.45) is 7.05 Å². The molecular weight excluding hydrogens is 483 g/mol. The van der Waals surface area contributed by atoms with E-state index in [9.17, 15) is 18.8 Å². The van der Waals surface area contributed by atoms with Crippen LogP contribution in [0.4, 0.5) is 10.1 Å². The molecule has 192 valence electrons. The van der Waals surface area contributed by atoms with Crippen molar-refractivity contribution < 1.29 is 23.5 Å². The van der Waals surface area contributed by atoms with Crippen LogP contribution in [0.15, 0.2) is 84.6 Å². The van der Waals surface area contributed by atoms with Crippen LogP contribution in [-0.4, -0.2) is 35.9 Å². The molecule has 1 amide bonds. The number of hydrogen-bond acceptors (Lipinski definition) is 4. The van der Waals surface area contributed by atoms with Crippen molar-refractivity contribution in [1.29, 1.82) is 0 Å². The molecule has 0 saturated heterocycles. The Morgan fingerprint density at radius 3 is 2.42 bits per heavy atom. The lowest BCUT2D eigenvalue weighted by Crippen LogP contribution is -2.25. The molecule has 7 heteroatoms. The zero-order chi connectivity index (χ0) is 27.0. The Bertz CT molecular complexity index is 1600. The number of aryl methyl sites for hydroxylation is 1. The summed E-state index contributed by atoms with van der Waals surface area (Å²) < 4.78 is 21.1. The number of halogens is 1. The summed E-state index contributed by atoms with van der Waals surface area (Å²) in [6, 6.07) is 21.1. The summed E-state index contributed by atoms with van der Waals surface area (Å²) in [5.41, 5.74) is 3.33. The van der Waals surface area contributed by atoms with Crippen molar-refractivity contribution in [1.82, 2.24) is 4.57 Å². The van der Waals surface area contributed by atoms with Crippen LogP contribution >= 0.6 is 0 Å². The molecule has 1 aliphatic rings. The molecule has 1 unspecified atom stereocenters. The molecule has 4 aromatic rings. The number of rotatable bonds is 7. The summed E-state index contributed by atoms with van der Waals surface area (Å²) in [7, 11) is 3.44. The molecule has 0 bridgehead atoms. The number of benzene rings is 3. The van der Waals surface area contributed by atoms with Gasteiger partial charge in [-0.15, -0.1) is 0 Å². The number of ether oxygens (including phenoxy) is 1. The molecule has 0 aliphatic carbocycles. The SMILES string of the molecule is CCOC(=O)/C(C(=O)CC(c1ccccc1)c1cn(C)c2cc(F)ccc12)=C1/C(=O)N(C)c2ccccc21. The highest BCUT2D eigenvalue weighted by molar-refractivity contribution is 6.41. The van der Waals surface area contributed by atoms with E-state index in [1.54, 1.807) is 44.3 Å². The van der Waals surface area contributed by atoms with Crippen molar-refractivity contribution in [2.45, 2.75) is 19.3 Å². The van der Waals surface area contributed by atoms with Gasteiger partial charge in [-0.1, -0.05) is 48.5 Å². The van der Waals surface area contributed by atoms with Crippen LogP contribution < -0.4 is 4.90 Å². The van der Waals surface area contributed by atoms with E-state index in [0.29, 0.717) is 16.8 Å². The van der Waals surface area contributed by atoms with Crippen LogP contribution in [0.3, 0.4) is 0 Å². The van der Waals surface area contributed by atoms with E-state index in [4.69, 9.17) is 4.74 Å². The lowest BCUT2D eigenvalue weighted by Gasteiger charge is -2.18. The van der Waals surface area contributed by atoms with Gasteiger partial charge in [0.25, 0.3) is 5.91 Å². The second-order valence-electron chi connectivity index (χ2n) is 9.30. The maximum atomic E-state index is 14.1. The Balaban J connectivity index is 1.66. The molecule has 0 saturated carbocycles. The number of likely N-dealkylation sites (N-methyl/N-ethyl adjacent to an activating group) is 1. The number of amides is 1. The highest BCUT2D eigenvalue weighted by Gasteiger charge is 2.38. The van der Waals surface area contributed by atoms with E-state index >= 15 is 0 Å². The van der Waals surface area contributed by atoms with Gasteiger partial charge < -0.3 is 14.2 Å². The topological polar surface area (TPSA) is 68.6 Å². The average molecular weight is 511 g/mol. The van der Waals surface area contributed by atoms with Gasteiger partial charge in [0, 0.05) is 43.6 Å². The van der Waals surface area contributed by atoms with Crippen molar-refractivity contribution in [3.63, 3.8) is 0 Å². The van der Waals surface area contributed by atoms with Crippen LogP contribution in [0.25, 0.3) is 16.5 Å². The standard InChI is InChI=1S/C31H27FN2O4/c1-4-38-31(37)29(28-22-12-8-9-13-25(22)34(3)30(28)36)27(35)17-23(19-10-6-5-7-11-19)24-18-33(2)26-16-20(32)14-15-21(24)26/h5-16,18,23H,4,17H2,1-3H3/b29-28+. The van der Waals surface area contributed by atoms with Gasteiger partial charge in [-0.2, -0.15) is 0 Å². The fourth-order valence-corrected chi connectivity index (χ4v) is 5.22. The number of aromatic nitrogens is 1. The smallest absolute Gasteiger partial charge is 0.342 e. The zero-order valence-corrected chi connectivity index (χ0v) is 21.4. The molecule has 0 fully saturated rings. The number of anilines is 1. The van der Waals surface area contributed by atoms with Gasteiger partial charge in [0.05, 0.1) is 23.4 Å². The van der Waals surface area contributed by atoms with Gasteiger partial charge in [-0.25, -0.2) is 9.18 Å². The van der Waals surface area contributed by atoms with Crippen molar-refractivity contribution in [3.05, 3.63) is 107 Å². The predicted octanol–water partition coefficient (Wildman–Crippen LogP) is 5.40. The summed E-state index contributed by atoms with van der Waals surface area (Å²) in [5.74, 6) is -2.55. The number of ketones is 1. The number of carbonyl (C=O) groups excluding carboxylic acids is 3. The maximum Gasteiger partial charge on any atom is 0.342 e. The van der Waals surface area contributed by atoms with E-state index in [1.807, 2.05) is 48.1 Å². The van der Waals surface area contributed by atoms with Crippen molar-refractivity contribution >= 4 is 39.8 Å². The fraction of sp³-hybridized carbons (Fsp3) is 0.194. The third-order valence-electron chi connectivity index (χ3n) is 7.01. The highest BCUT2D eigenvalue weighted by Crippen LogP contribution is 2.40. The first kappa shape index (κ1) is 25.1. The van der Waals surface area contributed by atoms with E-state index in [2.05, 4.69) is 0 Å². The Labute approximate surface area is 219 Å². The zero-order valence-electron chi connectivity index (χ0n) is 21.4. The molecule has 0 spiro atoms. The van der Waals surface area contributed by atoms with Gasteiger partial charge in [-0.05, 0) is 42.3 Å². The first-order chi connectivity index (χ1) is 18.3. The number of carbonyl (C=O) groups is 3. The van der Waals surface area contributed by atoms with E-state index in [1.165, 1.54) is 17.0 Å². The van der Waals surface area contributed by atoms with Crippen LogP contribution in [0.5, 0.6) is 0 Å². The minimum absolute atomic E-state index is 0.0540. The summed E-state index contributed by atoms with van der Waals surface area (Å²) in [6.07, 6.45) is 1.80. The molecule has 0 N–H and O–H groups in total. The molecule has 6 nitrogen and oxygen atoms in total. The van der Waals surface area contributed by atoms with E-state index < -0.39 is 23.6 Å². The first-order valence-electron chi connectivity index (χ1n) is 12.4. The van der Waals surface area contributed by atoms with Gasteiger partial charge in [0.2, 0.25) is 0 Å². The van der Waals surface area contributed by atoms with Crippen LogP contribution in [0.2, 0.25) is 0 Å². The van der Waals surface area contributed by atoms with Gasteiger partial charge in [0.1, 0.15) is 11.4 Å². The lowest BCUT2D eigenvalue weighted by molar-refractivity contribution is -0.140. The quantitative estimate of drug-likeness (QED) is 0.144. The number of fused-ring (bicyclic) bond motifs is 2. The number of hydrogen-bond donors (Lipinski definition) is 0. The lowest BCUT2D eigenvalue weighted by atomic mass is 9.84. The van der Waals surface area contributed by atoms with Crippen LogP contribution in [-0.2, 0) is 26.2 Å². The minimum atomic E-state index is -0.822. The van der Waals surface area contributed by atoms with Crippen molar-refractivity contribution in [3.8, 4) is 0 Å². The average Bonchev–Trinajstić information content (AvgIpc) is 3.37. The normalized spacial score (nSPS) is 14.9. The number of esters is 1. The van der Waals surface area contributed by atoms with E-state index in [-0.39, 0.29) is 30.0 Å². The predicted molar refractivity (Wildman–Crippen MR) is 144 cm³/mol. The largest absolute Gasteiger partial charge is 0.462 e. The monoisotopic (exact) mass is 510 g/mol. The fourth-order valence-electron chi connectivity index (χ4n) is 5.22. The number of nitrogens with zero attached hydrogens (tertiary/aromatic N) is 2. The van der Waals surface area contributed by atoms with Crippen LogP contribution in [0.1, 0.15) is 36.0 Å². The Hall–Kier alpha value is -4.52. The Kier molecular flexibility index (Phi) is 6.68. The molecular formula is C31H27FN2O4. The third kappa shape index (κ3) is 4.30. The maximum absolute atomic E-state index is 14.1. The summed E-state index contributed by atoms with van der Waals surface area (Å²) in [4.78, 5) is 42.0. The molecule has 1 aliphatic heterocycles. The summed E-state index contributed by atoms with van der Waals surface area (Å²) in [6.45, 7) is 1.72. The van der Waals surface area contributed by atoms with Crippen LogP contribution in [0, 0.1) is 5.82 Å². The summed E-state index contributed by atoms with van der Waals surface area (Å²) >= 11 is 0. The van der Waals surface area contributed by atoms with Gasteiger partial charge >= 0.3 is 5.97 Å². The highest BCUT2D eigenvalue weighted by atomic mass is 19.1. The molecule has 2 heterocycles. The Morgan fingerprint density at radius 2 is 1.68 bits per heavy atom. The molecule has 0 radical (unpaired) electrons. The number of para-hydroxylation sites is 1. The van der Waals surface area contributed by atoms with Crippen molar-refractivity contribution in [2.75, 3.05) is 18.6 Å². The second kappa shape index (κ2) is 10.1.